The fraction of sp³-hybridized carbons (Fsp3) is 0.214. The number of aliphatic hydroxyl groups excluding tert-OH is 1. The molecule has 0 fully saturated rings. The molecular formula is C14H14N2OS. The Morgan fingerprint density at radius 2 is 1.94 bits per heavy atom. The molecule has 1 heterocycles. The van der Waals surface area contributed by atoms with Crippen LogP contribution in [0.4, 0.5) is 5.69 Å². The van der Waals surface area contributed by atoms with Crippen LogP contribution in [0.2, 0.25) is 0 Å². The molecule has 0 unspecified atom stereocenters. The predicted molar refractivity (Wildman–Crippen MR) is 73.6 cm³/mol. The highest BCUT2D eigenvalue weighted by molar-refractivity contribution is 7.12. The fourth-order valence-corrected chi connectivity index (χ4v) is 2.39. The third kappa shape index (κ3) is 3.33. The number of nitrogens with zero attached hydrogens (tertiary/aromatic N) is 1. The van der Waals surface area contributed by atoms with Crippen LogP contribution in [0.25, 0.3) is 0 Å². The molecule has 0 bridgehead atoms. The summed E-state index contributed by atoms with van der Waals surface area (Å²) in [6.07, 6.45) is 0.691. The third-order valence-corrected chi connectivity index (χ3v) is 3.58. The van der Waals surface area contributed by atoms with Gasteiger partial charge < -0.3 is 10.4 Å². The third-order valence-electron chi connectivity index (χ3n) is 2.59. The molecule has 2 aromatic rings. The van der Waals surface area contributed by atoms with Gasteiger partial charge in [0.25, 0.3) is 0 Å². The van der Waals surface area contributed by atoms with Gasteiger partial charge >= 0.3 is 0 Å². The zero-order valence-corrected chi connectivity index (χ0v) is 10.7. The predicted octanol–water partition coefficient (Wildman–Crippen LogP) is 2.77. The highest BCUT2D eigenvalue weighted by atomic mass is 32.1. The minimum absolute atomic E-state index is 0.179. The van der Waals surface area contributed by atoms with Crippen molar-refractivity contribution in [2.45, 2.75) is 13.0 Å². The van der Waals surface area contributed by atoms with E-state index in [1.807, 2.05) is 36.4 Å². The molecule has 3 nitrogen and oxygen atoms in total. The second-order valence-electron chi connectivity index (χ2n) is 3.90. The van der Waals surface area contributed by atoms with Gasteiger partial charge in [-0.05, 0) is 36.2 Å². The maximum Gasteiger partial charge on any atom is 0.110 e. The summed E-state index contributed by atoms with van der Waals surface area (Å²) in [5.74, 6) is 0. The van der Waals surface area contributed by atoms with Crippen LogP contribution in [0.15, 0.2) is 36.4 Å². The van der Waals surface area contributed by atoms with Crippen molar-refractivity contribution in [2.24, 2.45) is 0 Å². The van der Waals surface area contributed by atoms with E-state index in [2.05, 4.69) is 11.4 Å². The van der Waals surface area contributed by atoms with E-state index in [4.69, 9.17) is 10.4 Å². The monoisotopic (exact) mass is 258 g/mol. The minimum Gasteiger partial charge on any atom is -0.396 e. The smallest absolute Gasteiger partial charge is 0.110 e. The minimum atomic E-state index is 0.179. The highest BCUT2D eigenvalue weighted by Gasteiger charge is 1.99. The van der Waals surface area contributed by atoms with E-state index in [-0.39, 0.29) is 6.61 Å². The number of benzene rings is 1. The van der Waals surface area contributed by atoms with Gasteiger partial charge in [0.15, 0.2) is 0 Å². The summed E-state index contributed by atoms with van der Waals surface area (Å²) >= 11 is 1.51. The summed E-state index contributed by atoms with van der Waals surface area (Å²) in [6.45, 7) is 0.907. The van der Waals surface area contributed by atoms with Crippen molar-refractivity contribution in [1.29, 1.82) is 5.26 Å². The second kappa shape index (κ2) is 6.20. The number of thiophene rings is 1. The van der Waals surface area contributed by atoms with Crippen molar-refractivity contribution in [3.8, 4) is 6.07 Å². The van der Waals surface area contributed by atoms with E-state index in [1.165, 1.54) is 11.3 Å². The molecule has 1 aromatic carbocycles. The molecule has 0 spiro atoms. The van der Waals surface area contributed by atoms with Crippen molar-refractivity contribution in [2.75, 3.05) is 11.9 Å². The van der Waals surface area contributed by atoms with E-state index in [1.54, 1.807) is 0 Å². The van der Waals surface area contributed by atoms with E-state index >= 15 is 0 Å². The Morgan fingerprint density at radius 3 is 2.56 bits per heavy atom. The van der Waals surface area contributed by atoms with E-state index < -0.39 is 0 Å². The zero-order valence-electron chi connectivity index (χ0n) is 9.89. The maximum absolute atomic E-state index is 8.83. The molecule has 2 N–H and O–H groups in total. The Hall–Kier alpha value is -1.83. The Bertz CT molecular complexity index is 540. The molecular weight excluding hydrogens is 244 g/mol. The second-order valence-corrected chi connectivity index (χ2v) is 5.07. The molecule has 0 saturated carbocycles. The lowest BCUT2D eigenvalue weighted by atomic mass is 10.1. The largest absolute Gasteiger partial charge is 0.396 e. The van der Waals surface area contributed by atoms with Gasteiger partial charge in [-0.15, -0.1) is 11.3 Å². The van der Waals surface area contributed by atoms with Crippen LogP contribution in [-0.2, 0) is 13.0 Å². The summed E-state index contributed by atoms with van der Waals surface area (Å²) in [7, 11) is 0. The normalized spacial score (nSPS) is 10.0. The van der Waals surface area contributed by atoms with E-state index in [9.17, 15) is 0 Å². The summed E-state index contributed by atoms with van der Waals surface area (Å²) in [5, 5.41) is 20.9. The first-order valence-electron chi connectivity index (χ1n) is 5.74. The van der Waals surface area contributed by atoms with Crippen molar-refractivity contribution in [3.63, 3.8) is 0 Å². The maximum atomic E-state index is 8.83. The standard InChI is InChI=1S/C14H14N2OS/c15-9-13-5-6-14(18-13)10-16-12-3-1-11(2-4-12)7-8-17/h1-6,16-17H,7-8,10H2. The van der Waals surface area contributed by atoms with Gasteiger partial charge in [0, 0.05) is 23.7 Å². The molecule has 0 aliphatic heterocycles. The summed E-state index contributed by atoms with van der Waals surface area (Å²) in [6, 6.07) is 14.0. The first-order valence-corrected chi connectivity index (χ1v) is 6.56. The van der Waals surface area contributed by atoms with E-state index in [0.29, 0.717) is 6.42 Å². The van der Waals surface area contributed by atoms with Gasteiger partial charge in [0.2, 0.25) is 0 Å². The Morgan fingerprint density at radius 1 is 1.17 bits per heavy atom. The zero-order chi connectivity index (χ0) is 12.8. The van der Waals surface area contributed by atoms with Crippen LogP contribution in [0.1, 0.15) is 15.3 Å². The van der Waals surface area contributed by atoms with Crippen LogP contribution in [0.3, 0.4) is 0 Å². The SMILES string of the molecule is N#Cc1ccc(CNc2ccc(CCO)cc2)s1. The summed E-state index contributed by atoms with van der Waals surface area (Å²) in [5.41, 5.74) is 2.18. The first-order chi connectivity index (χ1) is 8.81. The van der Waals surface area contributed by atoms with Crippen LogP contribution in [-0.4, -0.2) is 11.7 Å². The van der Waals surface area contributed by atoms with Gasteiger partial charge in [-0.3, -0.25) is 0 Å². The number of nitrogens with one attached hydrogen (secondary N) is 1. The van der Waals surface area contributed by atoms with Gasteiger partial charge in [0.05, 0.1) is 0 Å². The Balaban J connectivity index is 1.91. The Labute approximate surface area is 110 Å². The molecule has 0 atom stereocenters. The average molecular weight is 258 g/mol. The quantitative estimate of drug-likeness (QED) is 0.867. The van der Waals surface area contributed by atoms with Crippen LogP contribution < -0.4 is 5.32 Å². The van der Waals surface area contributed by atoms with Crippen LogP contribution >= 0.6 is 11.3 Å². The van der Waals surface area contributed by atoms with Crippen molar-refractivity contribution in [1.82, 2.24) is 0 Å². The van der Waals surface area contributed by atoms with E-state index in [0.717, 1.165) is 27.5 Å². The molecule has 92 valence electrons. The number of anilines is 1. The van der Waals surface area contributed by atoms with Gasteiger partial charge in [-0.1, -0.05) is 12.1 Å². The molecule has 0 aliphatic rings. The molecule has 0 aliphatic carbocycles. The van der Waals surface area contributed by atoms with Gasteiger partial charge in [-0.25, -0.2) is 0 Å². The molecule has 0 amide bonds. The number of nitriles is 1. The summed E-state index contributed by atoms with van der Waals surface area (Å²) < 4.78 is 0. The first kappa shape index (κ1) is 12.6. The van der Waals surface area contributed by atoms with Crippen LogP contribution in [0, 0.1) is 11.3 Å². The molecule has 0 radical (unpaired) electrons. The molecule has 18 heavy (non-hydrogen) atoms. The summed E-state index contributed by atoms with van der Waals surface area (Å²) in [4.78, 5) is 1.89. The lowest BCUT2D eigenvalue weighted by Crippen LogP contribution is -1.97. The molecule has 1 aromatic heterocycles. The fourth-order valence-electron chi connectivity index (χ4n) is 1.64. The number of rotatable bonds is 5. The van der Waals surface area contributed by atoms with Crippen molar-refractivity contribution in [3.05, 3.63) is 51.7 Å². The molecule has 4 heteroatoms. The molecule has 0 saturated heterocycles. The average Bonchev–Trinajstić information content (AvgIpc) is 2.86. The van der Waals surface area contributed by atoms with Crippen LogP contribution in [0.5, 0.6) is 0 Å². The van der Waals surface area contributed by atoms with Crippen molar-refractivity contribution < 1.29 is 5.11 Å². The number of aliphatic hydroxyl groups is 1. The van der Waals surface area contributed by atoms with Crippen molar-refractivity contribution >= 4 is 17.0 Å². The number of hydrogen-bond acceptors (Lipinski definition) is 4. The van der Waals surface area contributed by atoms with Gasteiger partial charge in [-0.2, -0.15) is 5.26 Å². The topological polar surface area (TPSA) is 56.0 Å². The Kier molecular flexibility index (Phi) is 4.35. The number of hydrogen-bond donors (Lipinski definition) is 2. The highest BCUT2D eigenvalue weighted by Crippen LogP contribution is 2.17. The molecule has 2 rings (SSSR count). The van der Waals surface area contributed by atoms with Gasteiger partial charge in [0.1, 0.15) is 10.9 Å². The lowest BCUT2D eigenvalue weighted by Gasteiger charge is -2.05. The lowest BCUT2D eigenvalue weighted by molar-refractivity contribution is 0.299.